The molecule has 0 unspecified atom stereocenters. The number of hydrogen-bond donors (Lipinski definition) is 2. The van der Waals surface area contributed by atoms with Gasteiger partial charge in [0, 0.05) is 29.3 Å². The quantitative estimate of drug-likeness (QED) is 0.547. The number of carbonyl (C=O) groups is 1. The number of amides is 1. The van der Waals surface area contributed by atoms with Gasteiger partial charge in [-0.1, -0.05) is 30.7 Å². The van der Waals surface area contributed by atoms with Crippen LogP contribution in [-0.4, -0.2) is 33.2 Å². The highest BCUT2D eigenvalue weighted by Gasteiger charge is 2.14. The van der Waals surface area contributed by atoms with E-state index < -0.39 is 10.0 Å². The van der Waals surface area contributed by atoms with Crippen molar-refractivity contribution in [3.63, 3.8) is 0 Å². The Morgan fingerprint density at radius 3 is 2.52 bits per heavy atom. The maximum Gasteiger partial charge on any atom is 0.251 e. The molecule has 1 amide bonds. The zero-order valence-electron chi connectivity index (χ0n) is 14.3. The summed E-state index contributed by atoms with van der Waals surface area (Å²) >= 11 is 1.66. The highest BCUT2D eigenvalue weighted by molar-refractivity contribution is 7.99. The number of carbonyl (C=O) groups excluding carboxylic acids is 1. The van der Waals surface area contributed by atoms with E-state index in [-0.39, 0.29) is 10.8 Å². The number of aryl methyl sites for hydroxylation is 1. The van der Waals surface area contributed by atoms with Crippen LogP contribution in [0.25, 0.3) is 0 Å². The van der Waals surface area contributed by atoms with Gasteiger partial charge in [0.1, 0.15) is 0 Å². The molecule has 7 heteroatoms. The lowest BCUT2D eigenvalue weighted by molar-refractivity contribution is 0.0956. The molecule has 0 aromatic heterocycles. The fraction of sp³-hybridized carbons (Fsp3) is 0.278. The number of thioether (sulfide) groups is 1. The fourth-order valence-corrected chi connectivity index (χ4v) is 4.00. The van der Waals surface area contributed by atoms with Gasteiger partial charge in [0.25, 0.3) is 5.91 Å². The molecule has 0 fully saturated rings. The van der Waals surface area contributed by atoms with Gasteiger partial charge in [-0.25, -0.2) is 13.1 Å². The van der Waals surface area contributed by atoms with E-state index in [1.54, 1.807) is 30.8 Å². The van der Waals surface area contributed by atoms with Crippen LogP contribution in [0, 0.1) is 6.92 Å². The number of hydrogen-bond acceptors (Lipinski definition) is 4. The third-order valence-electron chi connectivity index (χ3n) is 3.42. The SMILES string of the molecule is CCNS(=O)(=O)c1cccc(C(=O)NCCSc2ccc(C)cc2)c1. The van der Waals surface area contributed by atoms with Crippen molar-refractivity contribution in [2.45, 2.75) is 23.6 Å². The van der Waals surface area contributed by atoms with Gasteiger partial charge in [-0.05, 0) is 37.3 Å². The molecular weight excluding hydrogens is 356 g/mol. The van der Waals surface area contributed by atoms with E-state index in [1.165, 1.54) is 17.7 Å². The molecule has 2 N–H and O–H groups in total. The summed E-state index contributed by atoms with van der Waals surface area (Å²) in [7, 11) is -3.57. The molecule has 0 aliphatic carbocycles. The zero-order chi connectivity index (χ0) is 18.3. The molecule has 2 rings (SSSR count). The van der Waals surface area contributed by atoms with Gasteiger partial charge in [-0.15, -0.1) is 11.8 Å². The predicted octanol–water partition coefficient (Wildman–Crippen LogP) is 2.82. The van der Waals surface area contributed by atoms with E-state index in [1.807, 2.05) is 6.92 Å². The Labute approximate surface area is 153 Å². The first-order valence-electron chi connectivity index (χ1n) is 8.00. The van der Waals surface area contributed by atoms with Crippen molar-refractivity contribution in [1.29, 1.82) is 0 Å². The predicted molar refractivity (Wildman–Crippen MR) is 102 cm³/mol. The Morgan fingerprint density at radius 2 is 1.84 bits per heavy atom. The van der Waals surface area contributed by atoms with Gasteiger partial charge in [-0.2, -0.15) is 0 Å². The first kappa shape index (κ1) is 19.5. The fourth-order valence-electron chi connectivity index (χ4n) is 2.15. The molecule has 2 aromatic carbocycles. The van der Waals surface area contributed by atoms with Gasteiger partial charge in [0.2, 0.25) is 10.0 Å². The lowest BCUT2D eigenvalue weighted by atomic mass is 10.2. The first-order chi connectivity index (χ1) is 11.9. The normalized spacial score (nSPS) is 11.3. The summed E-state index contributed by atoms with van der Waals surface area (Å²) in [6.07, 6.45) is 0. The lowest BCUT2D eigenvalue weighted by Gasteiger charge is -2.08. The van der Waals surface area contributed by atoms with Crippen molar-refractivity contribution in [3.05, 3.63) is 59.7 Å². The van der Waals surface area contributed by atoms with Gasteiger partial charge in [0.15, 0.2) is 0 Å². The maximum atomic E-state index is 12.2. The molecule has 2 aromatic rings. The number of rotatable bonds is 8. The van der Waals surface area contributed by atoms with Crippen molar-refractivity contribution >= 4 is 27.7 Å². The Morgan fingerprint density at radius 1 is 1.12 bits per heavy atom. The Bertz CT molecular complexity index is 818. The summed E-state index contributed by atoms with van der Waals surface area (Å²) in [5, 5.41) is 2.82. The first-order valence-corrected chi connectivity index (χ1v) is 10.5. The van der Waals surface area contributed by atoms with E-state index in [0.717, 1.165) is 10.6 Å². The molecule has 25 heavy (non-hydrogen) atoms. The summed E-state index contributed by atoms with van der Waals surface area (Å²) in [6, 6.07) is 14.2. The molecular formula is C18H22N2O3S2. The van der Waals surface area contributed by atoms with E-state index in [2.05, 4.69) is 34.3 Å². The molecule has 0 bridgehead atoms. The highest BCUT2D eigenvalue weighted by atomic mass is 32.2. The number of benzene rings is 2. The van der Waals surface area contributed by atoms with Crippen molar-refractivity contribution in [3.8, 4) is 0 Å². The molecule has 134 valence electrons. The molecule has 0 heterocycles. The molecule has 0 spiro atoms. The average molecular weight is 379 g/mol. The molecule has 0 saturated heterocycles. The standard InChI is InChI=1S/C18H22N2O3S2/c1-3-20-25(22,23)17-6-4-5-15(13-17)18(21)19-11-12-24-16-9-7-14(2)8-10-16/h4-10,13,20H,3,11-12H2,1-2H3,(H,19,21). The molecule has 5 nitrogen and oxygen atoms in total. The topological polar surface area (TPSA) is 75.3 Å². The van der Waals surface area contributed by atoms with Crippen LogP contribution in [0.3, 0.4) is 0 Å². The molecule has 0 aliphatic rings. The zero-order valence-corrected chi connectivity index (χ0v) is 15.9. The van der Waals surface area contributed by atoms with Crippen LogP contribution < -0.4 is 10.0 Å². The van der Waals surface area contributed by atoms with E-state index >= 15 is 0 Å². The average Bonchev–Trinajstić information content (AvgIpc) is 2.60. The second-order valence-electron chi connectivity index (χ2n) is 5.45. The number of sulfonamides is 1. The van der Waals surface area contributed by atoms with Crippen molar-refractivity contribution < 1.29 is 13.2 Å². The highest BCUT2D eigenvalue weighted by Crippen LogP contribution is 2.17. The van der Waals surface area contributed by atoms with Crippen LogP contribution >= 0.6 is 11.8 Å². The summed E-state index contributed by atoms with van der Waals surface area (Å²) in [4.78, 5) is 13.4. The Hall–Kier alpha value is -1.83. The largest absolute Gasteiger partial charge is 0.351 e. The third-order valence-corrected chi connectivity index (χ3v) is 5.98. The smallest absolute Gasteiger partial charge is 0.251 e. The van der Waals surface area contributed by atoms with Crippen LogP contribution in [0.1, 0.15) is 22.8 Å². The van der Waals surface area contributed by atoms with Crippen molar-refractivity contribution in [2.75, 3.05) is 18.8 Å². The van der Waals surface area contributed by atoms with Crippen LogP contribution in [0.2, 0.25) is 0 Å². The van der Waals surface area contributed by atoms with Crippen molar-refractivity contribution in [1.82, 2.24) is 10.0 Å². The monoisotopic (exact) mass is 378 g/mol. The van der Waals surface area contributed by atoms with E-state index in [9.17, 15) is 13.2 Å². The van der Waals surface area contributed by atoms with E-state index in [0.29, 0.717) is 18.7 Å². The van der Waals surface area contributed by atoms with E-state index in [4.69, 9.17) is 0 Å². The van der Waals surface area contributed by atoms with Crippen LogP contribution in [0.4, 0.5) is 0 Å². The summed E-state index contributed by atoms with van der Waals surface area (Å²) in [6.45, 7) is 4.55. The molecule has 0 saturated carbocycles. The molecule has 0 atom stereocenters. The minimum absolute atomic E-state index is 0.0935. The van der Waals surface area contributed by atoms with Gasteiger partial charge >= 0.3 is 0 Å². The van der Waals surface area contributed by atoms with Crippen LogP contribution in [0.15, 0.2) is 58.3 Å². The summed E-state index contributed by atoms with van der Waals surface area (Å²) < 4.78 is 26.4. The Balaban J connectivity index is 1.89. The van der Waals surface area contributed by atoms with Gasteiger partial charge in [0.05, 0.1) is 4.90 Å². The Kier molecular flexibility index (Phi) is 7.04. The lowest BCUT2D eigenvalue weighted by Crippen LogP contribution is -2.27. The second-order valence-corrected chi connectivity index (χ2v) is 8.38. The molecule has 0 aliphatic heterocycles. The summed E-state index contributed by atoms with van der Waals surface area (Å²) in [5.41, 5.74) is 1.55. The van der Waals surface area contributed by atoms with Gasteiger partial charge in [-0.3, -0.25) is 4.79 Å². The summed E-state index contributed by atoms with van der Waals surface area (Å²) in [5.74, 6) is 0.461. The second kappa shape index (κ2) is 9.03. The van der Waals surface area contributed by atoms with Crippen LogP contribution in [-0.2, 0) is 10.0 Å². The third kappa shape index (κ3) is 5.88. The minimum atomic E-state index is -3.57. The maximum absolute atomic E-state index is 12.2. The van der Waals surface area contributed by atoms with Crippen LogP contribution in [0.5, 0.6) is 0 Å². The number of nitrogens with one attached hydrogen (secondary N) is 2. The minimum Gasteiger partial charge on any atom is -0.351 e. The van der Waals surface area contributed by atoms with Gasteiger partial charge < -0.3 is 5.32 Å². The molecule has 0 radical (unpaired) electrons. The van der Waals surface area contributed by atoms with Crippen molar-refractivity contribution in [2.24, 2.45) is 0 Å².